The number of halogens is 2. The molecule has 2 nitrogen and oxygen atoms in total. The molecule has 0 radical (unpaired) electrons. The van der Waals surface area contributed by atoms with Crippen molar-refractivity contribution in [3.05, 3.63) is 34.6 Å². The lowest BCUT2D eigenvalue weighted by atomic mass is 10.2. The topological polar surface area (TPSA) is 32.3 Å². The van der Waals surface area contributed by atoms with Gasteiger partial charge >= 0.3 is 0 Å². The van der Waals surface area contributed by atoms with Crippen LogP contribution in [0.3, 0.4) is 0 Å². The standard InChI is InChI=1S/C9H11ClFNO/c10-9-5-8(11)2-1-7(9)6-12-3-4-13/h1-2,5,12-13H,3-4,6H2. The largest absolute Gasteiger partial charge is 0.395 e. The zero-order valence-corrected chi connectivity index (χ0v) is 7.81. The lowest BCUT2D eigenvalue weighted by Crippen LogP contribution is -2.17. The first-order valence-corrected chi connectivity index (χ1v) is 4.37. The van der Waals surface area contributed by atoms with Crippen LogP contribution in [0.2, 0.25) is 5.02 Å². The molecular formula is C9H11ClFNO. The van der Waals surface area contributed by atoms with Crippen LogP contribution in [0.25, 0.3) is 0 Å². The summed E-state index contributed by atoms with van der Waals surface area (Å²) in [6.07, 6.45) is 0. The van der Waals surface area contributed by atoms with Crippen molar-refractivity contribution >= 4 is 11.6 Å². The van der Waals surface area contributed by atoms with Gasteiger partial charge in [-0.3, -0.25) is 0 Å². The molecule has 0 aromatic heterocycles. The Bertz CT molecular complexity index is 280. The minimum absolute atomic E-state index is 0.0822. The van der Waals surface area contributed by atoms with E-state index in [9.17, 15) is 4.39 Å². The number of nitrogens with one attached hydrogen (secondary N) is 1. The molecule has 1 rings (SSSR count). The van der Waals surface area contributed by atoms with Gasteiger partial charge in [0.15, 0.2) is 0 Å². The summed E-state index contributed by atoms with van der Waals surface area (Å²) < 4.78 is 12.6. The van der Waals surface area contributed by atoms with Crippen LogP contribution in [0.5, 0.6) is 0 Å². The van der Waals surface area contributed by atoms with Gasteiger partial charge < -0.3 is 10.4 Å². The van der Waals surface area contributed by atoms with Crippen molar-refractivity contribution in [1.82, 2.24) is 5.32 Å². The highest BCUT2D eigenvalue weighted by Crippen LogP contribution is 2.16. The highest BCUT2D eigenvalue weighted by Gasteiger charge is 2.00. The summed E-state index contributed by atoms with van der Waals surface area (Å²) in [5, 5.41) is 11.9. The maximum absolute atomic E-state index is 12.6. The molecule has 0 aliphatic rings. The van der Waals surface area contributed by atoms with E-state index in [1.165, 1.54) is 12.1 Å². The van der Waals surface area contributed by atoms with Crippen LogP contribution >= 0.6 is 11.6 Å². The molecule has 0 aliphatic carbocycles. The second-order valence-electron chi connectivity index (χ2n) is 2.64. The van der Waals surface area contributed by atoms with Crippen molar-refractivity contribution in [2.45, 2.75) is 6.54 Å². The van der Waals surface area contributed by atoms with Crippen molar-refractivity contribution in [2.24, 2.45) is 0 Å². The van der Waals surface area contributed by atoms with Crippen LogP contribution in [-0.2, 0) is 6.54 Å². The first kappa shape index (κ1) is 10.4. The van der Waals surface area contributed by atoms with E-state index in [4.69, 9.17) is 16.7 Å². The molecule has 0 saturated heterocycles. The summed E-state index contributed by atoms with van der Waals surface area (Å²) in [6.45, 7) is 1.13. The first-order valence-electron chi connectivity index (χ1n) is 3.99. The van der Waals surface area contributed by atoms with Crippen LogP contribution in [0, 0.1) is 5.82 Å². The minimum Gasteiger partial charge on any atom is -0.395 e. The average molecular weight is 204 g/mol. The third-order valence-electron chi connectivity index (χ3n) is 1.62. The van der Waals surface area contributed by atoms with Gasteiger partial charge in [0.25, 0.3) is 0 Å². The smallest absolute Gasteiger partial charge is 0.124 e. The summed E-state index contributed by atoms with van der Waals surface area (Å²) >= 11 is 5.77. The third-order valence-corrected chi connectivity index (χ3v) is 1.97. The summed E-state index contributed by atoms with van der Waals surface area (Å²) in [6, 6.07) is 4.27. The van der Waals surface area contributed by atoms with E-state index in [1.807, 2.05) is 0 Å². The SMILES string of the molecule is OCCNCc1ccc(F)cc1Cl. The van der Waals surface area contributed by atoms with E-state index in [0.717, 1.165) is 5.56 Å². The van der Waals surface area contributed by atoms with E-state index in [2.05, 4.69) is 5.32 Å². The second kappa shape index (κ2) is 5.17. The van der Waals surface area contributed by atoms with Crippen LogP contribution in [0.4, 0.5) is 4.39 Å². The lowest BCUT2D eigenvalue weighted by Gasteiger charge is -2.04. The maximum atomic E-state index is 12.6. The molecule has 72 valence electrons. The van der Waals surface area contributed by atoms with Gasteiger partial charge in [0, 0.05) is 18.1 Å². The fourth-order valence-electron chi connectivity index (χ4n) is 0.967. The van der Waals surface area contributed by atoms with Crippen LogP contribution in [0.15, 0.2) is 18.2 Å². The summed E-state index contributed by atoms with van der Waals surface area (Å²) in [7, 11) is 0. The van der Waals surface area contributed by atoms with Gasteiger partial charge in [0.1, 0.15) is 5.82 Å². The quantitative estimate of drug-likeness (QED) is 0.728. The molecule has 0 saturated carbocycles. The van der Waals surface area contributed by atoms with Crippen molar-refractivity contribution in [2.75, 3.05) is 13.2 Å². The fourth-order valence-corrected chi connectivity index (χ4v) is 1.20. The monoisotopic (exact) mass is 203 g/mol. The van der Waals surface area contributed by atoms with E-state index < -0.39 is 0 Å². The van der Waals surface area contributed by atoms with E-state index in [1.54, 1.807) is 6.07 Å². The second-order valence-corrected chi connectivity index (χ2v) is 3.04. The Kier molecular flexibility index (Phi) is 4.15. The third kappa shape index (κ3) is 3.30. The molecule has 1 aromatic carbocycles. The molecule has 0 spiro atoms. The van der Waals surface area contributed by atoms with E-state index in [-0.39, 0.29) is 12.4 Å². The Balaban J connectivity index is 2.56. The molecule has 2 N–H and O–H groups in total. The minimum atomic E-state index is -0.337. The summed E-state index contributed by atoms with van der Waals surface area (Å²) in [5.74, 6) is -0.337. The van der Waals surface area contributed by atoms with E-state index in [0.29, 0.717) is 18.1 Å². The Morgan fingerprint density at radius 2 is 2.23 bits per heavy atom. The molecule has 0 bridgehead atoms. The number of rotatable bonds is 4. The van der Waals surface area contributed by atoms with Crippen molar-refractivity contribution in [3.63, 3.8) is 0 Å². The number of hydrogen-bond donors (Lipinski definition) is 2. The Labute approximate surface area is 81.3 Å². The molecule has 0 amide bonds. The molecule has 0 atom stereocenters. The maximum Gasteiger partial charge on any atom is 0.124 e. The van der Waals surface area contributed by atoms with Gasteiger partial charge in [0.2, 0.25) is 0 Å². The van der Waals surface area contributed by atoms with Crippen LogP contribution < -0.4 is 5.32 Å². The predicted octanol–water partition coefficient (Wildman–Crippen LogP) is 1.56. The molecule has 0 heterocycles. The van der Waals surface area contributed by atoms with E-state index >= 15 is 0 Å². The first-order chi connectivity index (χ1) is 6.24. The molecule has 13 heavy (non-hydrogen) atoms. The van der Waals surface area contributed by atoms with Gasteiger partial charge in [0.05, 0.1) is 6.61 Å². The molecule has 4 heteroatoms. The van der Waals surface area contributed by atoms with Gasteiger partial charge in [-0.25, -0.2) is 4.39 Å². The highest BCUT2D eigenvalue weighted by molar-refractivity contribution is 6.31. The van der Waals surface area contributed by atoms with Gasteiger partial charge in [-0.1, -0.05) is 17.7 Å². The summed E-state index contributed by atoms with van der Waals surface area (Å²) in [5.41, 5.74) is 0.830. The number of aliphatic hydroxyl groups is 1. The Hall–Kier alpha value is -0.640. The number of benzene rings is 1. The average Bonchev–Trinajstić information content (AvgIpc) is 2.09. The molecule has 1 aromatic rings. The molecule has 0 fully saturated rings. The highest BCUT2D eigenvalue weighted by atomic mass is 35.5. The van der Waals surface area contributed by atoms with Crippen LogP contribution in [-0.4, -0.2) is 18.3 Å². The molecule has 0 unspecified atom stereocenters. The lowest BCUT2D eigenvalue weighted by molar-refractivity contribution is 0.292. The van der Waals surface area contributed by atoms with Gasteiger partial charge in [-0.15, -0.1) is 0 Å². The van der Waals surface area contributed by atoms with Gasteiger partial charge in [-0.2, -0.15) is 0 Å². The zero-order valence-electron chi connectivity index (χ0n) is 7.06. The zero-order chi connectivity index (χ0) is 9.68. The normalized spacial score (nSPS) is 10.4. The molecular weight excluding hydrogens is 193 g/mol. The molecule has 0 aliphatic heterocycles. The fraction of sp³-hybridized carbons (Fsp3) is 0.333. The van der Waals surface area contributed by atoms with Crippen molar-refractivity contribution in [1.29, 1.82) is 0 Å². The van der Waals surface area contributed by atoms with Crippen LogP contribution in [0.1, 0.15) is 5.56 Å². The number of aliphatic hydroxyl groups excluding tert-OH is 1. The Morgan fingerprint density at radius 3 is 2.85 bits per heavy atom. The van der Waals surface area contributed by atoms with Gasteiger partial charge in [-0.05, 0) is 17.7 Å². The number of hydrogen-bond acceptors (Lipinski definition) is 2. The van der Waals surface area contributed by atoms with Crippen molar-refractivity contribution < 1.29 is 9.50 Å². The van der Waals surface area contributed by atoms with Crippen molar-refractivity contribution in [3.8, 4) is 0 Å². The predicted molar refractivity (Wildman–Crippen MR) is 50.2 cm³/mol. The Morgan fingerprint density at radius 1 is 1.46 bits per heavy atom. The summed E-state index contributed by atoms with van der Waals surface area (Å²) in [4.78, 5) is 0.